The van der Waals surface area contributed by atoms with E-state index in [9.17, 15) is 9.90 Å². The highest BCUT2D eigenvalue weighted by molar-refractivity contribution is 5.94. The van der Waals surface area contributed by atoms with Crippen molar-refractivity contribution in [3.8, 4) is 5.75 Å². The van der Waals surface area contributed by atoms with Gasteiger partial charge in [-0.2, -0.15) is 0 Å². The number of carbonyl (C=O) groups is 1. The van der Waals surface area contributed by atoms with Crippen molar-refractivity contribution in [2.75, 3.05) is 6.61 Å². The number of phenols is 1. The lowest BCUT2D eigenvalue weighted by Crippen LogP contribution is -2.27. The number of benzene rings is 1. The van der Waals surface area contributed by atoms with Gasteiger partial charge in [-0.15, -0.1) is 0 Å². The number of ether oxygens (including phenoxy) is 1. The van der Waals surface area contributed by atoms with Gasteiger partial charge in [-0.25, -0.2) is 0 Å². The van der Waals surface area contributed by atoms with E-state index in [0.29, 0.717) is 29.0 Å². The third kappa shape index (κ3) is 2.74. The molecule has 0 aliphatic carbocycles. The van der Waals surface area contributed by atoms with Crippen LogP contribution < -0.4 is 5.32 Å². The summed E-state index contributed by atoms with van der Waals surface area (Å²) in [6.45, 7) is 2.74. The van der Waals surface area contributed by atoms with E-state index in [1.165, 1.54) is 0 Å². The van der Waals surface area contributed by atoms with Crippen molar-refractivity contribution in [3.63, 3.8) is 0 Å². The Morgan fingerprint density at radius 3 is 3.09 bits per heavy atom. The van der Waals surface area contributed by atoms with Crippen LogP contribution in [0.25, 0.3) is 10.9 Å². The molecule has 5 nitrogen and oxygen atoms in total. The summed E-state index contributed by atoms with van der Waals surface area (Å²) in [7, 11) is 0. The molecule has 2 heterocycles. The average Bonchev–Trinajstić information content (AvgIpc) is 2.55. The molecule has 0 atom stereocenters. The van der Waals surface area contributed by atoms with Crippen molar-refractivity contribution < 1.29 is 14.6 Å². The lowest BCUT2D eigenvalue weighted by Gasteiger charge is -2.18. The number of hydrogen-bond acceptors (Lipinski definition) is 4. The molecule has 5 heteroatoms. The number of fused-ring (bicyclic) bond motifs is 1. The maximum Gasteiger partial charge on any atom is 0.250 e. The molecule has 1 aromatic heterocycles. The molecule has 114 valence electrons. The maximum absolute atomic E-state index is 12.2. The highest BCUT2D eigenvalue weighted by Crippen LogP contribution is 2.27. The van der Waals surface area contributed by atoms with Gasteiger partial charge in [0, 0.05) is 23.7 Å². The number of rotatable bonds is 3. The highest BCUT2D eigenvalue weighted by atomic mass is 16.5. The van der Waals surface area contributed by atoms with Crippen LogP contribution in [0.3, 0.4) is 0 Å². The number of pyridine rings is 1. The van der Waals surface area contributed by atoms with Crippen LogP contribution in [0.5, 0.6) is 5.75 Å². The van der Waals surface area contributed by atoms with Crippen molar-refractivity contribution >= 4 is 16.8 Å². The predicted octanol–water partition coefficient (Wildman–Crippen LogP) is 2.64. The molecule has 0 bridgehead atoms. The Balaban J connectivity index is 1.77. The summed E-state index contributed by atoms with van der Waals surface area (Å²) in [6, 6.07) is 7.40. The number of nitrogens with zero attached hydrogens (tertiary/aromatic N) is 1. The molecule has 1 amide bonds. The van der Waals surface area contributed by atoms with Gasteiger partial charge >= 0.3 is 0 Å². The molecule has 1 aliphatic rings. The van der Waals surface area contributed by atoms with E-state index < -0.39 is 0 Å². The van der Waals surface area contributed by atoms with E-state index in [2.05, 4.69) is 10.3 Å². The Labute approximate surface area is 128 Å². The second-order valence-electron chi connectivity index (χ2n) is 5.32. The van der Waals surface area contributed by atoms with Crippen molar-refractivity contribution in [1.82, 2.24) is 10.3 Å². The number of allylic oxidation sites excluding steroid dienone is 1. The number of carbonyl (C=O) groups excluding carboxylic acids is 1. The van der Waals surface area contributed by atoms with E-state index >= 15 is 0 Å². The van der Waals surface area contributed by atoms with Gasteiger partial charge in [0.25, 0.3) is 5.91 Å². The zero-order chi connectivity index (χ0) is 15.5. The average molecular weight is 298 g/mol. The molecule has 2 aromatic rings. The Kier molecular flexibility index (Phi) is 3.96. The van der Waals surface area contributed by atoms with Gasteiger partial charge in [0.15, 0.2) is 0 Å². The van der Waals surface area contributed by atoms with Crippen LogP contribution in [0, 0.1) is 0 Å². The lowest BCUT2D eigenvalue weighted by atomic mass is 10.1. The third-order valence-corrected chi connectivity index (χ3v) is 3.86. The summed E-state index contributed by atoms with van der Waals surface area (Å²) in [5.74, 6) is 0.662. The second-order valence-corrected chi connectivity index (χ2v) is 5.32. The van der Waals surface area contributed by atoms with Crippen LogP contribution in [-0.2, 0) is 16.1 Å². The van der Waals surface area contributed by atoms with Crippen molar-refractivity contribution in [2.24, 2.45) is 0 Å². The molecule has 1 aliphatic heterocycles. The van der Waals surface area contributed by atoms with Crippen LogP contribution in [0.15, 0.2) is 41.8 Å². The molecule has 0 fully saturated rings. The van der Waals surface area contributed by atoms with E-state index in [4.69, 9.17) is 4.74 Å². The van der Waals surface area contributed by atoms with Gasteiger partial charge in [0.2, 0.25) is 0 Å². The normalized spacial score (nSPS) is 14.8. The summed E-state index contributed by atoms with van der Waals surface area (Å²) in [6.07, 6.45) is 3.21. The minimum Gasteiger partial charge on any atom is -0.505 e. The number of hydrogen-bond donors (Lipinski definition) is 2. The van der Waals surface area contributed by atoms with E-state index in [1.807, 2.05) is 25.1 Å². The zero-order valence-electron chi connectivity index (χ0n) is 12.4. The van der Waals surface area contributed by atoms with E-state index in [1.54, 1.807) is 12.3 Å². The quantitative estimate of drug-likeness (QED) is 0.914. The summed E-state index contributed by atoms with van der Waals surface area (Å²) in [4.78, 5) is 16.4. The molecule has 0 unspecified atom stereocenters. The molecule has 0 saturated heterocycles. The zero-order valence-corrected chi connectivity index (χ0v) is 12.4. The van der Waals surface area contributed by atoms with Crippen LogP contribution in [0.1, 0.15) is 25.3 Å². The fraction of sp³-hybridized carbons (Fsp3) is 0.294. The summed E-state index contributed by atoms with van der Waals surface area (Å²) in [5.41, 5.74) is 1.88. The monoisotopic (exact) mass is 298 g/mol. The van der Waals surface area contributed by atoms with Crippen LogP contribution in [0.2, 0.25) is 0 Å². The minimum absolute atomic E-state index is 0.115. The third-order valence-electron chi connectivity index (χ3n) is 3.86. The molecule has 0 spiro atoms. The minimum atomic E-state index is -0.141. The topological polar surface area (TPSA) is 71.5 Å². The van der Waals surface area contributed by atoms with Crippen LogP contribution >= 0.6 is 0 Å². The second kappa shape index (κ2) is 6.05. The lowest BCUT2D eigenvalue weighted by molar-refractivity contribution is -0.118. The van der Waals surface area contributed by atoms with E-state index in [-0.39, 0.29) is 18.2 Å². The van der Waals surface area contributed by atoms with E-state index in [0.717, 1.165) is 18.2 Å². The fourth-order valence-electron chi connectivity index (χ4n) is 2.61. The van der Waals surface area contributed by atoms with Gasteiger partial charge < -0.3 is 15.2 Å². The number of amides is 1. The molecule has 0 saturated carbocycles. The molecular formula is C17H18N2O3. The molecule has 3 rings (SSSR count). The number of aromatic hydroxyl groups is 1. The fourth-order valence-corrected chi connectivity index (χ4v) is 2.61. The summed E-state index contributed by atoms with van der Waals surface area (Å²) < 4.78 is 5.40. The largest absolute Gasteiger partial charge is 0.505 e. The number of aromatic nitrogens is 1. The highest BCUT2D eigenvalue weighted by Gasteiger charge is 2.18. The first-order chi connectivity index (χ1) is 10.7. The Morgan fingerprint density at radius 1 is 1.41 bits per heavy atom. The van der Waals surface area contributed by atoms with Gasteiger partial charge in [-0.1, -0.05) is 18.2 Å². The van der Waals surface area contributed by atoms with Gasteiger partial charge in [0.1, 0.15) is 17.0 Å². The number of phenolic OH excluding ortho intramolecular Hbond substituents is 1. The van der Waals surface area contributed by atoms with Crippen LogP contribution in [0.4, 0.5) is 0 Å². The van der Waals surface area contributed by atoms with Crippen molar-refractivity contribution in [3.05, 3.63) is 47.4 Å². The summed E-state index contributed by atoms with van der Waals surface area (Å²) >= 11 is 0. The standard InChI is InChI=1S/C17H18N2O3/c1-11-14(5-3-9-22-11)17(21)19-10-13-7-6-12-4-2-8-18-15(12)16(13)20/h2,4,6-8,20H,3,5,9-10H2,1H3,(H,19,21). The first kappa shape index (κ1) is 14.4. The van der Waals surface area contributed by atoms with Gasteiger partial charge in [-0.05, 0) is 25.8 Å². The maximum atomic E-state index is 12.2. The Bertz CT molecular complexity index is 753. The smallest absolute Gasteiger partial charge is 0.250 e. The first-order valence-corrected chi connectivity index (χ1v) is 7.33. The predicted molar refractivity (Wildman–Crippen MR) is 83.1 cm³/mol. The molecule has 1 aromatic carbocycles. The Morgan fingerprint density at radius 2 is 2.27 bits per heavy atom. The van der Waals surface area contributed by atoms with Gasteiger partial charge in [0.05, 0.1) is 12.2 Å². The van der Waals surface area contributed by atoms with Gasteiger partial charge in [-0.3, -0.25) is 9.78 Å². The van der Waals surface area contributed by atoms with Crippen molar-refractivity contribution in [2.45, 2.75) is 26.3 Å². The summed E-state index contributed by atoms with van der Waals surface area (Å²) in [5, 5.41) is 14.0. The molecular weight excluding hydrogens is 280 g/mol. The molecule has 0 radical (unpaired) electrons. The Hall–Kier alpha value is -2.56. The molecule has 2 N–H and O–H groups in total. The number of nitrogens with one attached hydrogen (secondary N) is 1. The van der Waals surface area contributed by atoms with Crippen molar-refractivity contribution in [1.29, 1.82) is 0 Å². The SMILES string of the molecule is CC1=C(C(=O)NCc2ccc3cccnc3c2O)CCCO1. The van der Waals surface area contributed by atoms with Crippen LogP contribution in [-0.4, -0.2) is 22.6 Å². The first-order valence-electron chi connectivity index (χ1n) is 7.33. The molecule has 22 heavy (non-hydrogen) atoms.